The lowest BCUT2D eigenvalue weighted by atomic mass is 10.3. The van der Waals surface area contributed by atoms with Crippen LogP contribution < -0.4 is 5.32 Å². The average molecular weight is 325 g/mol. The van der Waals surface area contributed by atoms with Gasteiger partial charge in [-0.15, -0.1) is 11.3 Å². The first-order chi connectivity index (χ1) is 10.5. The van der Waals surface area contributed by atoms with Gasteiger partial charge in [-0.25, -0.2) is 8.78 Å². The van der Waals surface area contributed by atoms with Crippen molar-refractivity contribution in [2.24, 2.45) is 0 Å². The molecule has 0 bridgehead atoms. The molecule has 1 N–H and O–H groups in total. The van der Waals surface area contributed by atoms with Crippen LogP contribution in [0.2, 0.25) is 0 Å². The number of hydrogen-bond donors (Lipinski definition) is 1. The molecule has 0 saturated heterocycles. The molecule has 2 rings (SSSR count). The molecule has 116 valence electrons. The van der Waals surface area contributed by atoms with E-state index in [9.17, 15) is 18.4 Å². The van der Waals surface area contributed by atoms with Crippen LogP contribution in [-0.4, -0.2) is 18.5 Å². The number of amides is 1. The smallest absolute Gasteiger partial charge is 0.306 e. The highest BCUT2D eigenvalue weighted by Crippen LogP contribution is 2.15. The molecule has 0 aliphatic heterocycles. The molecule has 22 heavy (non-hydrogen) atoms. The Balaban J connectivity index is 1.74. The molecule has 1 aromatic heterocycles. The van der Waals surface area contributed by atoms with Gasteiger partial charge in [0.1, 0.15) is 11.6 Å². The number of halogens is 2. The largest absolute Gasteiger partial charge is 0.456 e. The summed E-state index contributed by atoms with van der Waals surface area (Å²) < 4.78 is 30.8. The maximum atomic E-state index is 13.3. The zero-order valence-electron chi connectivity index (χ0n) is 11.5. The van der Waals surface area contributed by atoms with Crippen LogP contribution in [0.15, 0.2) is 35.7 Å². The highest BCUT2D eigenvalue weighted by Gasteiger charge is 2.11. The van der Waals surface area contributed by atoms with Crippen LogP contribution >= 0.6 is 11.3 Å². The first kappa shape index (κ1) is 16.1. The first-order valence-electron chi connectivity index (χ1n) is 6.47. The van der Waals surface area contributed by atoms with E-state index < -0.39 is 30.1 Å². The van der Waals surface area contributed by atoms with E-state index >= 15 is 0 Å². The van der Waals surface area contributed by atoms with Crippen molar-refractivity contribution in [2.75, 3.05) is 11.9 Å². The van der Waals surface area contributed by atoms with Gasteiger partial charge in [0.2, 0.25) is 0 Å². The second kappa shape index (κ2) is 7.65. The molecule has 0 unspecified atom stereocenters. The van der Waals surface area contributed by atoms with Crippen LogP contribution in [0.4, 0.5) is 14.5 Å². The molecule has 7 heteroatoms. The Kier molecular flexibility index (Phi) is 5.60. The van der Waals surface area contributed by atoms with Crippen LogP contribution in [0.5, 0.6) is 0 Å². The summed E-state index contributed by atoms with van der Waals surface area (Å²) in [4.78, 5) is 24.1. The summed E-state index contributed by atoms with van der Waals surface area (Å²) in [5, 5.41) is 4.11. The van der Waals surface area contributed by atoms with E-state index in [1.165, 1.54) is 11.3 Å². The number of thiophene rings is 1. The topological polar surface area (TPSA) is 55.4 Å². The lowest BCUT2D eigenvalue weighted by Crippen LogP contribution is -2.21. The van der Waals surface area contributed by atoms with E-state index in [0.717, 1.165) is 17.0 Å². The van der Waals surface area contributed by atoms with Crippen molar-refractivity contribution in [1.29, 1.82) is 0 Å². The van der Waals surface area contributed by atoms with Crippen molar-refractivity contribution in [1.82, 2.24) is 0 Å². The minimum atomic E-state index is -0.891. The Hall–Kier alpha value is -2.28. The van der Waals surface area contributed by atoms with Gasteiger partial charge in [0, 0.05) is 10.9 Å². The number of anilines is 1. The highest BCUT2D eigenvalue weighted by atomic mass is 32.1. The van der Waals surface area contributed by atoms with Crippen LogP contribution in [0.1, 0.15) is 11.3 Å². The van der Waals surface area contributed by atoms with Gasteiger partial charge in [0.05, 0.1) is 12.1 Å². The SMILES string of the molecule is O=C(COC(=O)CCc1cccs1)Nc1ccc(F)cc1F. The van der Waals surface area contributed by atoms with Crippen molar-refractivity contribution in [3.8, 4) is 0 Å². The van der Waals surface area contributed by atoms with Crippen LogP contribution in [0, 0.1) is 11.6 Å². The lowest BCUT2D eigenvalue weighted by Gasteiger charge is -2.07. The third-order valence-electron chi connectivity index (χ3n) is 2.73. The van der Waals surface area contributed by atoms with Gasteiger partial charge in [-0.3, -0.25) is 9.59 Å². The fourth-order valence-electron chi connectivity index (χ4n) is 1.68. The summed E-state index contributed by atoms with van der Waals surface area (Å²) in [5.41, 5.74) is -0.166. The summed E-state index contributed by atoms with van der Waals surface area (Å²) in [6.07, 6.45) is 0.712. The fraction of sp³-hybridized carbons (Fsp3) is 0.200. The second-order valence-corrected chi connectivity index (χ2v) is 5.44. The van der Waals surface area contributed by atoms with E-state index in [-0.39, 0.29) is 12.1 Å². The lowest BCUT2D eigenvalue weighted by molar-refractivity contribution is -0.147. The number of carbonyl (C=O) groups is 2. The van der Waals surface area contributed by atoms with Gasteiger partial charge in [0.15, 0.2) is 6.61 Å². The molecule has 0 saturated carbocycles. The molecule has 2 aromatic rings. The molecular weight excluding hydrogens is 312 g/mol. The molecular formula is C15H13F2NO3S. The summed E-state index contributed by atoms with van der Waals surface area (Å²) in [5.74, 6) is -2.83. The average Bonchev–Trinajstić information content (AvgIpc) is 2.99. The molecule has 1 aromatic carbocycles. The number of nitrogens with one attached hydrogen (secondary N) is 1. The highest BCUT2D eigenvalue weighted by molar-refractivity contribution is 7.09. The molecule has 0 aliphatic carbocycles. The number of carbonyl (C=O) groups excluding carboxylic acids is 2. The van der Waals surface area contributed by atoms with Gasteiger partial charge in [-0.05, 0) is 30.0 Å². The van der Waals surface area contributed by atoms with Gasteiger partial charge in [-0.1, -0.05) is 6.07 Å². The van der Waals surface area contributed by atoms with E-state index in [1.807, 2.05) is 17.5 Å². The predicted octanol–water partition coefficient (Wildman–Crippen LogP) is 3.14. The van der Waals surface area contributed by atoms with Gasteiger partial charge in [0.25, 0.3) is 5.91 Å². The van der Waals surface area contributed by atoms with Crippen molar-refractivity contribution in [2.45, 2.75) is 12.8 Å². The summed E-state index contributed by atoms with van der Waals surface area (Å²) in [7, 11) is 0. The van der Waals surface area contributed by atoms with Crippen LogP contribution in [0.25, 0.3) is 0 Å². The molecule has 0 radical (unpaired) electrons. The zero-order chi connectivity index (χ0) is 15.9. The number of hydrogen-bond acceptors (Lipinski definition) is 4. The molecule has 1 heterocycles. The van der Waals surface area contributed by atoms with Gasteiger partial charge < -0.3 is 10.1 Å². The van der Waals surface area contributed by atoms with E-state index in [0.29, 0.717) is 12.5 Å². The van der Waals surface area contributed by atoms with E-state index in [4.69, 9.17) is 4.74 Å². The van der Waals surface area contributed by atoms with Crippen molar-refractivity contribution < 1.29 is 23.1 Å². The maximum absolute atomic E-state index is 13.3. The van der Waals surface area contributed by atoms with E-state index in [2.05, 4.69) is 5.32 Å². The van der Waals surface area contributed by atoms with E-state index in [1.54, 1.807) is 0 Å². The Morgan fingerprint density at radius 1 is 1.23 bits per heavy atom. The molecule has 0 aliphatic rings. The van der Waals surface area contributed by atoms with Crippen molar-refractivity contribution in [3.63, 3.8) is 0 Å². The Morgan fingerprint density at radius 3 is 2.73 bits per heavy atom. The summed E-state index contributed by atoms with van der Waals surface area (Å²) in [6, 6.07) is 6.56. The monoisotopic (exact) mass is 325 g/mol. The predicted molar refractivity (Wildman–Crippen MR) is 78.6 cm³/mol. The number of ether oxygens (including phenoxy) is 1. The number of aryl methyl sites for hydroxylation is 1. The van der Waals surface area contributed by atoms with Crippen molar-refractivity contribution >= 4 is 28.9 Å². The van der Waals surface area contributed by atoms with Crippen LogP contribution in [0.3, 0.4) is 0 Å². The van der Waals surface area contributed by atoms with Gasteiger partial charge >= 0.3 is 5.97 Å². The zero-order valence-corrected chi connectivity index (χ0v) is 12.3. The van der Waals surface area contributed by atoms with Crippen LogP contribution in [-0.2, 0) is 20.7 Å². The summed E-state index contributed by atoms with van der Waals surface area (Å²) >= 11 is 1.53. The summed E-state index contributed by atoms with van der Waals surface area (Å²) in [6.45, 7) is -0.514. The minimum Gasteiger partial charge on any atom is -0.456 e. The van der Waals surface area contributed by atoms with Crippen molar-refractivity contribution in [3.05, 3.63) is 52.2 Å². The fourth-order valence-corrected chi connectivity index (χ4v) is 2.38. The number of benzene rings is 1. The third-order valence-corrected chi connectivity index (χ3v) is 3.66. The molecule has 1 amide bonds. The molecule has 0 fully saturated rings. The second-order valence-electron chi connectivity index (χ2n) is 4.41. The standard InChI is InChI=1S/C15H13F2NO3S/c16-10-3-5-13(12(17)8-10)18-14(19)9-21-15(20)6-4-11-2-1-7-22-11/h1-3,5,7-8H,4,6,9H2,(H,18,19). The molecule has 0 spiro atoms. The number of rotatable bonds is 6. The Labute approximate surface area is 129 Å². The van der Waals surface area contributed by atoms with Gasteiger partial charge in [-0.2, -0.15) is 0 Å². The number of esters is 1. The third kappa shape index (κ3) is 4.92. The first-order valence-corrected chi connectivity index (χ1v) is 7.35. The maximum Gasteiger partial charge on any atom is 0.306 e. The molecule has 0 atom stereocenters. The Bertz CT molecular complexity index is 659. The normalized spacial score (nSPS) is 10.3. The Morgan fingerprint density at radius 2 is 2.05 bits per heavy atom. The quantitative estimate of drug-likeness (QED) is 0.830. The molecule has 4 nitrogen and oxygen atoms in total. The minimum absolute atomic E-state index is 0.165.